The summed E-state index contributed by atoms with van der Waals surface area (Å²) in [7, 11) is -1.73. The Morgan fingerprint density at radius 3 is 2.31 bits per heavy atom. The zero-order valence-electron chi connectivity index (χ0n) is 19.3. The molecule has 0 saturated carbocycles. The second-order valence-corrected chi connectivity index (χ2v) is 10.1. The summed E-state index contributed by atoms with van der Waals surface area (Å²) in [5.74, 6) is -0.211. The van der Waals surface area contributed by atoms with E-state index in [2.05, 4.69) is 5.32 Å². The first kappa shape index (κ1) is 27.1. The maximum Gasteiger partial charge on any atom is 0.273 e. The number of nitro groups is 1. The van der Waals surface area contributed by atoms with Crippen LogP contribution in [0.5, 0.6) is 11.5 Å². The minimum atomic E-state index is -4.50. The van der Waals surface area contributed by atoms with E-state index in [1.54, 1.807) is 0 Å². The Balaban J connectivity index is 2.07. The van der Waals surface area contributed by atoms with E-state index in [9.17, 15) is 23.3 Å². The predicted octanol–water partition coefficient (Wildman–Crippen LogP) is 5.06. The van der Waals surface area contributed by atoms with E-state index in [1.807, 2.05) is 0 Å². The molecule has 0 heterocycles. The van der Waals surface area contributed by atoms with Crippen LogP contribution in [0, 0.1) is 17.0 Å². The molecule has 190 valence electrons. The second kappa shape index (κ2) is 11.0. The lowest BCUT2D eigenvalue weighted by atomic mass is 10.2. The molecule has 3 rings (SSSR count). The van der Waals surface area contributed by atoms with Gasteiger partial charge in [-0.25, -0.2) is 8.42 Å². The van der Waals surface area contributed by atoms with Gasteiger partial charge in [0.1, 0.15) is 18.0 Å². The number of aryl methyl sites for hydroxylation is 1. The number of hydrogen-bond acceptors (Lipinski definition) is 7. The quantitative estimate of drug-likeness (QED) is 0.289. The van der Waals surface area contributed by atoms with Gasteiger partial charge in [-0.15, -0.1) is 0 Å². The number of carbonyl (C=O) groups excluding carboxylic acids is 1. The van der Waals surface area contributed by atoms with Crippen molar-refractivity contribution >= 4 is 56.2 Å². The van der Waals surface area contributed by atoms with Crippen molar-refractivity contribution in [3.05, 3.63) is 80.3 Å². The highest BCUT2D eigenvalue weighted by atomic mass is 35.5. The van der Waals surface area contributed by atoms with Gasteiger partial charge in [0.05, 0.1) is 34.7 Å². The number of nitrogens with one attached hydrogen (secondary N) is 1. The number of nitro benzene ring substituents is 1. The largest absolute Gasteiger partial charge is 0.495 e. The maximum absolute atomic E-state index is 13.7. The molecule has 1 N–H and O–H groups in total. The minimum absolute atomic E-state index is 0.0314. The number of amides is 1. The summed E-state index contributed by atoms with van der Waals surface area (Å²) in [6.45, 7) is 0.782. The van der Waals surface area contributed by atoms with Gasteiger partial charge in [0.2, 0.25) is 5.91 Å². The van der Waals surface area contributed by atoms with Crippen molar-refractivity contribution in [2.24, 2.45) is 0 Å². The molecule has 0 aliphatic carbocycles. The Morgan fingerprint density at radius 1 is 1.03 bits per heavy atom. The fourth-order valence-corrected chi connectivity index (χ4v) is 5.17. The molecule has 36 heavy (non-hydrogen) atoms. The van der Waals surface area contributed by atoms with Crippen molar-refractivity contribution in [3.63, 3.8) is 0 Å². The van der Waals surface area contributed by atoms with Gasteiger partial charge in [-0.1, -0.05) is 29.3 Å². The monoisotopic (exact) mass is 553 g/mol. The van der Waals surface area contributed by atoms with E-state index in [0.717, 1.165) is 10.4 Å². The third kappa shape index (κ3) is 5.81. The van der Waals surface area contributed by atoms with Gasteiger partial charge in [0, 0.05) is 22.3 Å². The van der Waals surface area contributed by atoms with Crippen LogP contribution >= 0.6 is 23.2 Å². The predicted molar refractivity (Wildman–Crippen MR) is 137 cm³/mol. The van der Waals surface area contributed by atoms with Gasteiger partial charge in [-0.2, -0.15) is 0 Å². The van der Waals surface area contributed by atoms with Crippen molar-refractivity contribution in [2.75, 3.05) is 30.4 Å². The molecule has 0 saturated heterocycles. The second-order valence-electron chi connectivity index (χ2n) is 7.43. The molecule has 0 atom stereocenters. The molecule has 13 heteroatoms. The van der Waals surface area contributed by atoms with Crippen LogP contribution in [0.25, 0.3) is 0 Å². The van der Waals surface area contributed by atoms with Gasteiger partial charge in [0.25, 0.3) is 15.7 Å². The first-order chi connectivity index (χ1) is 17.0. The highest BCUT2D eigenvalue weighted by Crippen LogP contribution is 2.36. The Morgan fingerprint density at radius 2 is 1.69 bits per heavy atom. The molecule has 0 radical (unpaired) electrons. The first-order valence-corrected chi connectivity index (χ1v) is 12.4. The van der Waals surface area contributed by atoms with Crippen molar-refractivity contribution in [1.82, 2.24) is 0 Å². The molecule has 3 aromatic carbocycles. The molecule has 0 bridgehead atoms. The average molecular weight is 554 g/mol. The molecule has 0 aliphatic rings. The first-order valence-electron chi connectivity index (χ1n) is 10.2. The van der Waals surface area contributed by atoms with Gasteiger partial charge in [0.15, 0.2) is 0 Å². The van der Waals surface area contributed by atoms with Crippen LogP contribution in [0.2, 0.25) is 10.0 Å². The zero-order valence-corrected chi connectivity index (χ0v) is 21.6. The number of benzene rings is 3. The van der Waals surface area contributed by atoms with Crippen LogP contribution in [0.3, 0.4) is 0 Å². The molecule has 0 aromatic heterocycles. The smallest absolute Gasteiger partial charge is 0.273 e. The summed E-state index contributed by atoms with van der Waals surface area (Å²) < 4.78 is 38.6. The topological polar surface area (TPSA) is 128 Å². The van der Waals surface area contributed by atoms with E-state index in [0.29, 0.717) is 11.4 Å². The van der Waals surface area contributed by atoms with Gasteiger partial charge in [-0.3, -0.25) is 19.2 Å². The van der Waals surface area contributed by atoms with Gasteiger partial charge in [-0.05, 0) is 49.4 Å². The number of rotatable bonds is 9. The van der Waals surface area contributed by atoms with E-state index < -0.39 is 27.4 Å². The summed E-state index contributed by atoms with van der Waals surface area (Å²) >= 11 is 12.2. The summed E-state index contributed by atoms with van der Waals surface area (Å²) in [6, 6.07) is 12.3. The Labute approximate surface area is 217 Å². The van der Waals surface area contributed by atoms with E-state index >= 15 is 0 Å². The highest BCUT2D eigenvalue weighted by molar-refractivity contribution is 7.92. The summed E-state index contributed by atoms with van der Waals surface area (Å²) in [4.78, 5) is 23.3. The normalized spacial score (nSPS) is 11.0. The van der Waals surface area contributed by atoms with E-state index in [4.69, 9.17) is 32.7 Å². The number of hydrogen-bond donors (Lipinski definition) is 1. The van der Waals surface area contributed by atoms with E-state index in [1.165, 1.54) is 69.7 Å². The SMILES string of the molecule is COc1ccc(NC(=O)CN(c2cc(Cl)ccc2OC)S(=O)(=O)c2ccc(C)c([N+](=O)[O-])c2)cc1Cl. The fraction of sp³-hybridized carbons (Fsp3) is 0.174. The standard InChI is InChI=1S/C23H21Cl2N3O7S/c1-14-4-7-17(12-19(14)28(30)31)36(32,33)27(20-10-15(24)5-8-22(20)35-3)13-23(29)26-16-6-9-21(34-2)18(25)11-16/h4-12H,13H2,1-3H3,(H,26,29). The van der Waals surface area contributed by atoms with Crippen LogP contribution in [0.4, 0.5) is 17.1 Å². The number of sulfonamides is 1. The lowest BCUT2D eigenvalue weighted by Gasteiger charge is -2.26. The number of anilines is 2. The maximum atomic E-state index is 13.7. The minimum Gasteiger partial charge on any atom is -0.495 e. The lowest BCUT2D eigenvalue weighted by Crippen LogP contribution is -2.38. The molecule has 0 fully saturated rings. The Hall–Kier alpha value is -3.54. The average Bonchev–Trinajstić information content (AvgIpc) is 2.82. The third-order valence-electron chi connectivity index (χ3n) is 5.10. The van der Waals surface area contributed by atoms with Crippen molar-refractivity contribution in [3.8, 4) is 11.5 Å². The molecular formula is C23H21Cl2N3O7S. The number of halogens is 2. The number of methoxy groups -OCH3 is 2. The lowest BCUT2D eigenvalue weighted by molar-refractivity contribution is -0.385. The highest BCUT2D eigenvalue weighted by Gasteiger charge is 2.31. The molecule has 3 aromatic rings. The molecule has 0 unspecified atom stereocenters. The number of carbonyl (C=O) groups is 1. The van der Waals surface area contributed by atoms with Crippen LogP contribution in [-0.2, 0) is 14.8 Å². The molecule has 10 nitrogen and oxygen atoms in total. The summed E-state index contributed by atoms with van der Waals surface area (Å²) in [5, 5.41) is 14.4. The van der Waals surface area contributed by atoms with Crippen LogP contribution in [0.15, 0.2) is 59.5 Å². The zero-order chi connectivity index (χ0) is 26.6. The van der Waals surface area contributed by atoms with Crippen LogP contribution in [0.1, 0.15) is 5.56 Å². The Bertz CT molecular complexity index is 1430. The molecular weight excluding hydrogens is 533 g/mol. The molecule has 0 aliphatic heterocycles. The third-order valence-corrected chi connectivity index (χ3v) is 7.38. The summed E-state index contributed by atoms with van der Waals surface area (Å²) in [6.07, 6.45) is 0. The Kier molecular flexibility index (Phi) is 8.28. The molecule has 1 amide bonds. The van der Waals surface area contributed by atoms with Gasteiger partial charge < -0.3 is 14.8 Å². The summed E-state index contributed by atoms with van der Waals surface area (Å²) in [5.41, 5.74) is 0.162. The van der Waals surface area contributed by atoms with Crippen LogP contribution in [-0.4, -0.2) is 40.0 Å². The van der Waals surface area contributed by atoms with Crippen LogP contribution < -0.4 is 19.1 Å². The molecule has 0 spiro atoms. The van der Waals surface area contributed by atoms with Crippen molar-refractivity contribution in [1.29, 1.82) is 0 Å². The number of ether oxygens (including phenoxy) is 2. The van der Waals surface area contributed by atoms with E-state index in [-0.39, 0.29) is 37.6 Å². The van der Waals surface area contributed by atoms with Crippen molar-refractivity contribution < 1.29 is 27.6 Å². The van der Waals surface area contributed by atoms with Crippen molar-refractivity contribution in [2.45, 2.75) is 11.8 Å². The fourth-order valence-electron chi connectivity index (χ4n) is 3.31. The number of nitrogens with zero attached hydrogens (tertiary/aromatic N) is 2. The van der Waals surface area contributed by atoms with Gasteiger partial charge >= 0.3 is 0 Å².